The van der Waals surface area contributed by atoms with E-state index in [4.69, 9.17) is 14.2 Å². The topological polar surface area (TPSA) is 98.3 Å². The zero-order valence-electron chi connectivity index (χ0n) is 20.8. The highest BCUT2D eigenvalue weighted by Gasteiger charge is 2.42. The quantitative estimate of drug-likeness (QED) is 0.432. The summed E-state index contributed by atoms with van der Waals surface area (Å²) in [6, 6.07) is 13.1. The molecule has 0 radical (unpaired) electrons. The summed E-state index contributed by atoms with van der Waals surface area (Å²) >= 11 is 0. The minimum absolute atomic E-state index is 0.147. The van der Waals surface area contributed by atoms with Crippen LogP contribution in [0.1, 0.15) is 41.5 Å². The van der Waals surface area contributed by atoms with Crippen molar-refractivity contribution in [3.05, 3.63) is 54.7 Å². The van der Waals surface area contributed by atoms with Gasteiger partial charge in [-0.2, -0.15) is 4.90 Å². The molecule has 0 saturated carbocycles. The molecule has 0 aliphatic carbocycles. The Morgan fingerprint density at radius 2 is 1.38 bits per heavy atom. The van der Waals surface area contributed by atoms with Gasteiger partial charge in [0, 0.05) is 11.9 Å². The number of benzene rings is 1. The molecule has 184 valence electrons. The first kappa shape index (κ1) is 26.6. The molecule has 1 aromatic heterocycles. The Bertz CT molecular complexity index is 900. The molecule has 0 fully saturated rings. The van der Waals surface area contributed by atoms with Crippen LogP contribution in [0.15, 0.2) is 54.7 Å². The smallest absolute Gasteiger partial charge is 0.420 e. The van der Waals surface area contributed by atoms with Crippen LogP contribution in [0, 0.1) is 0 Å². The number of pyridine rings is 1. The second kappa shape index (κ2) is 11.0. The number of hydrogen-bond acceptors (Lipinski definition) is 8. The number of hydrogen-bond donors (Lipinski definition) is 0. The summed E-state index contributed by atoms with van der Waals surface area (Å²) in [5.74, 6) is -0.301. The van der Waals surface area contributed by atoms with Crippen LogP contribution < -0.4 is 4.90 Å². The summed E-state index contributed by atoms with van der Waals surface area (Å²) in [5.41, 5.74) is -1.14. The zero-order valence-corrected chi connectivity index (χ0v) is 20.8. The molecule has 9 nitrogen and oxygen atoms in total. The van der Waals surface area contributed by atoms with E-state index < -0.39 is 35.4 Å². The molecule has 1 atom stereocenters. The number of rotatable bonds is 6. The molecule has 2 rings (SSSR count). The summed E-state index contributed by atoms with van der Waals surface area (Å²) < 4.78 is 15.9. The zero-order chi connectivity index (χ0) is 25.5. The normalized spacial score (nSPS) is 12.3. The minimum atomic E-state index is -1.39. The van der Waals surface area contributed by atoms with Crippen LogP contribution in [0.3, 0.4) is 0 Å². The van der Waals surface area contributed by atoms with Crippen molar-refractivity contribution in [1.29, 1.82) is 0 Å². The van der Waals surface area contributed by atoms with Gasteiger partial charge in [-0.25, -0.2) is 19.4 Å². The van der Waals surface area contributed by atoms with Crippen molar-refractivity contribution in [2.24, 2.45) is 0 Å². The number of methoxy groups -OCH3 is 1. The Kier molecular flexibility index (Phi) is 8.62. The minimum Gasteiger partial charge on any atom is -0.467 e. The van der Waals surface area contributed by atoms with Crippen LogP contribution >= 0.6 is 0 Å². The lowest BCUT2D eigenvalue weighted by Crippen LogP contribution is -2.55. The predicted octanol–water partition coefficient (Wildman–Crippen LogP) is 4.93. The molecule has 0 spiro atoms. The van der Waals surface area contributed by atoms with E-state index in [1.807, 2.05) is 30.3 Å². The van der Waals surface area contributed by atoms with E-state index in [0.29, 0.717) is 16.4 Å². The van der Waals surface area contributed by atoms with Gasteiger partial charge in [0.1, 0.15) is 17.0 Å². The van der Waals surface area contributed by atoms with Crippen LogP contribution in [0.4, 0.5) is 21.1 Å². The first-order valence-corrected chi connectivity index (χ1v) is 10.9. The number of ether oxygens (including phenoxy) is 3. The van der Waals surface area contributed by atoms with Gasteiger partial charge in [0.05, 0.1) is 13.7 Å². The predicted molar refractivity (Wildman–Crippen MR) is 128 cm³/mol. The van der Waals surface area contributed by atoms with Crippen LogP contribution in [-0.2, 0) is 19.0 Å². The number of para-hydroxylation sites is 1. The van der Waals surface area contributed by atoms with Crippen molar-refractivity contribution in [1.82, 2.24) is 9.88 Å². The van der Waals surface area contributed by atoms with Gasteiger partial charge in [0.25, 0.3) is 0 Å². The Hall–Kier alpha value is -3.62. The summed E-state index contributed by atoms with van der Waals surface area (Å²) in [6.45, 7) is 9.83. The maximum atomic E-state index is 13.2. The lowest BCUT2D eigenvalue weighted by molar-refractivity contribution is -0.146. The average molecular weight is 472 g/mol. The largest absolute Gasteiger partial charge is 0.467 e. The van der Waals surface area contributed by atoms with Gasteiger partial charge in [-0.3, -0.25) is 0 Å². The average Bonchev–Trinajstić information content (AvgIpc) is 2.74. The SMILES string of the molecule is COC(=O)[C@H](CN(c1ccccc1)c1ccccn1)N(C(=O)OC(C)(C)C)C(=O)OC(C)(C)C. The van der Waals surface area contributed by atoms with Crippen LogP contribution in [0.5, 0.6) is 0 Å². The molecule has 2 aromatic rings. The van der Waals surface area contributed by atoms with Crippen molar-refractivity contribution in [3.8, 4) is 0 Å². The molecule has 9 heteroatoms. The monoisotopic (exact) mass is 471 g/mol. The van der Waals surface area contributed by atoms with Crippen LogP contribution in [-0.4, -0.2) is 58.9 Å². The molecular formula is C25H33N3O6. The number of nitrogens with zero attached hydrogens (tertiary/aromatic N) is 3. The van der Waals surface area contributed by atoms with E-state index in [1.54, 1.807) is 70.8 Å². The van der Waals surface area contributed by atoms with Crippen molar-refractivity contribution in [2.45, 2.75) is 58.8 Å². The summed E-state index contributed by atoms with van der Waals surface area (Å²) in [7, 11) is 1.19. The second-order valence-electron chi connectivity index (χ2n) is 9.50. The van der Waals surface area contributed by atoms with Gasteiger partial charge in [-0.15, -0.1) is 0 Å². The number of imide groups is 1. The molecule has 34 heavy (non-hydrogen) atoms. The fraction of sp³-hybridized carbons (Fsp3) is 0.440. The van der Waals surface area contributed by atoms with Gasteiger partial charge in [0.15, 0.2) is 6.04 Å². The summed E-state index contributed by atoms with van der Waals surface area (Å²) in [6.07, 6.45) is -0.435. The van der Waals surface area contributed by atoms with E-state index in [0.717, 1.165) is 0 Å². The van der Waals surface area contributed by atoms with Gasteiger partial charge in [0.2, 0.25) is 0 Å². The number of anilines is 2. The molecule has 1 heterocycles. The van der Waals surface area contributed by atoms with Gasteiger partial charge < -0.3 is 19.1 Å². The van der Waals surface area contributed by atoms with Gasteiger partial charge in [-0.05, 0) is 65.8 Å². The standard InChI is InChI=1S/C25H33N3O6/c1-24(2,3)33-22(30)28(23(31)34-25(4,5)6)19(21(29)32-7)17-27(18-13-9-8-10-14-18)20-15-11-12-16-26-20/h8-16,19H,17H2,1-7H3/t19-/m0/s1. The third kappa shape index (κ3) is 7.75. The first-order valence-electron chi connectivity index (χ1n) is 10.9. The van der Waals surface area contributed by atoms with Crippen molar-refractivity contribution in [3.63, 3.8) is 0 Å². The maximum Gasteiger partial charge on any atom is 0.420 e. The van der Waals surface area contributed by atoms with Gasteiger partial charge >= 0.3 is 18.2 Å². The number of esters is 1. The molecular weight excluding hydrogens is 438 g/mol. The van der Waals surface area contributed by atoms with E-state index in [9.17, 15) is 14.4 Å². The van der Waals surface area contributed by atoms with Crippen molar-refractivity contribution in [2.75, 3.05) is 18.6 Å². The number of carbonyl (C=O) groups excluding carboxylic acids is 3. The Balaban J connectivity index is 2.57. The Morgan fingerprint density at radius 3 is 1.82 bits per heavy atom. The van der Waals surface area contributed by atoms with Crippen molar-refractivity contribution < 1.29 is 28.6 Å². The third-order valence-electron chi connectivity index (χ3n) is 4.31. The fourth-order valence-electron chi connectivity index (χ4n) is 2.97. The molecule has 0 aliphatic heterocycles. The summed E-state index contributed by atoms with van der Waals surface area (Å²) in [4.78, 5) is 46.1. The highest BCUT2D eigenvalue weighted by molar-refractivity contribution is 5.94. The van der Waals surface area contributed by atoms with Crippen LogP contribution in [0.25, 0.3) is 0 Å². The molecule has 0 bridgehead atoms. The van der Waals surface area contributed by atoms with Crippen LogP contribution in [0.2, 0.25) is 0 Å². The Labute approximate surface area is 200 Å². The third-order valence-corrected chi connectivity index (χ3v) is 4.31. The van der Waals surface area contributed by atoms with E-state index in [1.165, 1.54) is 7.11 Å². The summed E-state index contributed by atoms with van der Waals surface area (Å²) in [5, 5.41) is 0. The number of aromatic nitrogens is 1. The molecule has 0 unspecified atom stereocenters. The van der Waals surface area contributed by atoms with E-state index >= 15 is 0 Å². The molecule has 0 N–H and O–H groups in total. The number of amides is 2. The lowest BCUT2D eigenvalue weighted by Gasteiger charge is -2.35. The lowest BCUT2D eigenvalue weighted by atomic mass is 10.2. The first-order chi connectivity index (χ1) is 15.8. The molecule has 0 saturated heterocycles. The molecule has 2 amide bonds. The van der Waals surface area contributed by atoms with Crippen molar-refractivity contribution >= 4 is 29.7 Å². The van der Waals surface area contributed by atoms with E-state index in [-0.39, 0.29) is 6.54 Å². The van der Waals surface area contributed by atoms with E-state index in [2.05, 4.69) is 4.98 Å². The highest BCUT2D eigenvalue weighted by atomic mass is 16.6. The number of carbonyl (C=O) groups is 3. The highest BCUT2D eigenvalue weighted by Crippen LogP contribution is 2.26. The molecule has 1 aromatic carbocycles. The fourth-order valence-corrected chi connectivity index (χ4v) is 2.97. The van der Waals surface area contributed by atoms with Gasteiger partial charge in [-0.1, -0.05) is 24.3 Å². The Morgan fingerprint density at radius 1 is 0.853 bits per heavy atom. The molecule has 0 aliphatic rings. The maximum absolute atomic E-state index is 13.2. The second-order valence-corrected chi connectivity index (χ2v) is 9.50.